The molecule has 1 aromatic heterocycles. The Morgan fingerprint density at radius 1 is 1.23 bits per heavy atom. The molecule has 6 nitrogen and oxygen atoms in total. The highest BCUT2D eigenvalue weighted by molar-refractivity contribution is 5.94. The van der Waals surface area contributed by atoms with Crippen molar-refractivity contribution in [2.24, 2.45) is 0 Å². The average Bonchev–Trinajstić information content (AvgIpc) is 3.08. The maximum Gasteiger partial charge on any atom is 0.274 e. The number of ether oxygens (including phenoxy) is 1. The van der Waals surface area contributed by atoms with Crippen LogP contribution in [0.3, 0.4) is 0 Å². The molecule has 2 aliphatic heterocycles. The SMILES string of the molecule is Cl.O=C(c1n[nH]c2c1CNCC2)N1CCC(Oc2ccc(F)cc2)CC1. The number of piperidine rings is 1. The Hall–Kier alpha value is -2.12. The van der Waals surface area contributed by atoms with E-state index in [0.29, 0.717) is 31.1 Å². The highest BCUT2D eigenvalue weighted by atomic mass is 35.5. The van der Waals surface area contributed by atoms with Gasteiger partial charge in [0.05, 0.1) is 0 Å². The minimum Gasteiger partial charge on any atom is -0.490 e. The van der Waals surface area contributed by atoms with Crippen molar-refractivity contribution in [1.29, 1.82) is 0 Å². The van der Waals surface area contributed by atoms with Crippen LogP contribution in [0.4, 0.5) is 4.39 Å². The summed E-state index contributed by atoms with van der Waals surface area (Å²) in [4.78, 5) is 14.6. The summed E-state index contributed by atoms with van der Waals surface area (Å²) >= 11 is 0. The van der Waals surface area contributed by atoms with Crippen molar-refractivity contribution in [3.63, 3.8) is 0 Å². The monoisotopic (exact) mass is 380 g/mol. The third kappa shape index (κ3) is 3.83. The number of amides is 1. The standard InChI is InChI=1S/C18H21FN4O2.ClH/c19-12-1-3-13(4-2-12)25-14-6-9-23(10-7-14)18(24)17-15-11-20-8-5-16(15)21-22-17;/h1-4,14,20H,5-11H2,(H,21,22);1H. The lowest BCUT2D eigenvalue weighted by atomic mass is 10.0. The summed E-state index contributed by atoms with van der Waals surface area (Å²) in [5.74, 6) is 0.379. The van der Waals surface area contributed by atoms with Crippen LogP contribution in [0.1, 0.15) is 34.6 Å². The number of aromatic amines is 1. The lowest BCUT2D eigenvalue weighted by molar-refractivity contribution is 0.0588. The summed E-state index contributed by atoms with van der Waals surface area (Å²) < 4.78 is 18.8. The Bertz CT molecular complexity index is 757. The van der Waals surface area contributed by atoms with Crippen molar-refractivity contribution >= 4 is 18.3 Å². The van der Waals surface area contributed by atoms with Gasteiger partial charge in [-0.05, 0) is 24.3 Å². The van der Waals surface area contributed by atoms with E-state index >= 15 is 0 Å². The number of carbonyl (C=O) groups is 1. The van der Waals surface area contributed by atoms with Gasteiger partial charge in [-0.2, -0.15) is 5.10 Å². The normalized spacial score (nSPS) is 17.3. The predicted molar refractivity (Wildman–Crippen MR) is 97.2 cm³/mol. The Balaban J connectivity index is 0.00000196. The molecule has 0 atom stereocenters. The molecule has 0 radical (unpaired) electrons. The molecule has 0 spiro atoms. The largest absolute Gasteiger partial charge is 0.490 e. The Kier molecular flexibility index (Phi) is 5.78. The molecule has 3 heterocycles. The van der Waals surface area contributed by atoms with E-state index in [4.69, 9.17) is 4.74 Å². The highest BCUT2D eigenvalue weighted by Gasteiger charge is 2.29. The molecule has 2 aromatic rings. The number of H-pyrrole nitrogens is 1. The first-order valence-electron chi connectivity index (χ1n) is 8.69. The third-order valence-electron chi connectivity index (χ3n) is 4.85. The lowest BCUT2D eigenvalue weighted by Gasteiger charge is -2.32. The molecule has 0 saturated carbocycles. The molecule has 0 aliphatic carbocycles. The molecule has 4 rings (SSSR count). The summed E-state index contributed by atoms with van der Waals surface area (Å²) in [5.41, 5.74) is 2.61. The first-order valence-corrected chi connectivity index (χ1v) is 8.69. The van der Waals surface area contributed by atoms with Crippen LogP contribution in [0.5, 0.6) is 5.75 Å². The fourth-order valence-electron chi connectivity index (χ4n) is 3.43. The maximum atomic E-state index is 12.9. The number of halogens is 2. The van der Waals surface area contributed by atoms with E-state index in [1.54, 1.807) is 12.1 Å². The van der Waals surface area contributed by atoms with Crippen molar-refractivity contribution in [3.8, 4) is 5.75 Å². The molecule has 26 heavy (non-hydrogen) atoms. The second-order valence-corrected chi connectivity index (χ2v) is 6.52. The Morgan fingerprint density at radius 2 is 1.96 bits per heavy atom. The second-order valence-electron chi connectivity index (χ2n) is 6.52. The molecule has 0 unspecified atom stereocenters. The van der Waals surface area contributed by atoms with Crippen molar-refractivity contribution in [1.82, 2.24) is 20.4 Å². The number of hydrogen-bond acceptors (Lipinski definition) is 4. The van der Waals surface area contributed by atoms with E-state index in [9.17, 15) is 9.18 Å². The quantitative estimate of drug-likeness (QED) is 0.857. The Morgan fingerprint density at radius 3 is 2.69 bits per heavy atom. The lowest BCUT2D eigenvalue weighted by Crippen LogP contribution is -2.42. The highest BCUT2D eigenvalue weighted by Crippen LogP contribution is 2.22. The van der Waals surface area contributed by atoms with E-state index < -0.39 is 0 Å². The van der Waals surface area contributed by atoms with Crippen LogP contribution in [-0.4, -0.2) is 46.7 Å². The number of hydrogen-bond donors (Lipinski definition) is 2. The van der Waals surface area contributed by atoms with Gasteiger partial charge in [-0.15, -0.1) is 12.4 Å². The van der Waals surface area contributed by atoms with Gasteiger partial charge < -0.3 is 15.0 Å². The molecule has 1 amide bonds. The molecule has 1 fully saturated rings. The first kappa shape index (κ1) is 18.7. The number of rotatable bonds is 3. The van der Waals surface area contributed by atoms with E-state index in [1.807, 2.05) is 4.90 Å². The fourth-order valence-corrected chi connectivity index (χ4v) is 3.43. The van der Waals surface area contributed by atoms with Gasteiger partial charge in [0.2, 0.25) is 0 Å². The summed E-state index contributed by atoms with van der Waals surface area (Å²) in [7, 11) is 0. The van der Waals surface area contributed by atoms with Crippen molar-refractivity contribution < 1.29 is 13.9 Å². The molecule has 1 saturated heterocycles. The van der Waals surface area contributed by atoms with Crippen LogP contribution in [0.15, 0.2) is 24.3 Å². The summed E-state index contributed by atoms with van der Waals surface area (Å²) in [6, 6.07) is 6.05. The van der Waals surface area contributed by atoms with Crippen LogP contribution >= 0.6 is 12.4 Å². The molecule has 1 aromatic carbocycles. The molecule has 8 heteroatoms. The summed E-state index contributed by atoms with van der Waals surface area (Å²) in [6.07, 6.45) is 2.44. The van der Waals surface area contributed by atoms with Crippen LogP contribution in [0.25, 0.3) is 0 Å². The van der Waals surface area contributed by atoms with Crippen LogP contribution < -0.4 is 10.1 Å². The summed E-state index contributed by atoms with van der Waals surface area (Å²) in [5, 5.41) is 10.5. The minimum atomic E-state index is -0.274. The molecular weight excluding hydrogens is 359 g/mol. The Labute approximate surface area is 157 Å². The number of likely N-dealkylation sites (tertiary alicyclic amines) is 1. The number of benzene rings is 1. The molecule has 0 bridgehead atoms. The predicted octanol–water partition coefficient (Wildman–Crippen LogP) is 2.30. The number of aromatic nitrogens is 2. The van der Waals surface area contributed by atoms with Crippen LogP contribution in [0, 0.1) is 5.82 Å². The zero-order chi connectivity index (χ0) is 17.2. The van der Waals surface area contributed by atoms with Crippen molar-refractivity contribution in [3.05, 3.63) is 47.0 Å². The van der Waals surface area contributed by atoms with E-state index in [2.05, 4.69) is 15.5 Å². The van der Waals surface area contributed by atoms with Gasteiger partial charge in [0, 0.05) is 56.7 Å². The topological polar surface area (TPSA) is 70.2 Å². The number of nitrogens with zero attached hydrogens (tertiary/aromatic N) is 2. The van der Waals surface area contributed by atoms with E-state index in [0.717, 1.165) is 37.1 Å². The molecule has 2 N–H and O–H groups in total. The fraction of sp³-hybridized carbons (Fsp3) is 0.444. The number of nitrogens with one attached hydrogen (secondary N) is 2. The van der Waals surface area contributed by atoms with Gasteiger partial charge >= 0.3 is 0 Å². The maximum absolute atomic E-state index is 12.9. The number of fused-ring (bicyclic) bond motifs is 1. The van der Waals surface area contributed by atoms with Crippen molar-refractivity contribution in [2.45, 2.75) is 31.9 Å². The first-order chi connectivity index (χ1) is 12.2. The zero-order valence-electron chi connectivity index (χ0n) is 14.3. The van der Waals surface area contributed by atoms with Gasteiger partial charge in [0.1, 0.15) is 17.7 Å². The van der Waals surface area contributed by atoms with Gasteiger partial charge in [-0.25, -0.2) is 4.39 Å². The summed E-state index contributed by atoms with van der Waals surface area (Å²) in [6.45, 7) is 2.88. The number of carbonyl (C=O) groups excluding carboxylic acids is 1. The molecule has 140 valence electrons. The van der Waals surface area contributed by atoms with Gasteiger partial charge in [0.15, 0.2) is 5.69 Å². The van der Waals surface area contributed by atoms with Crippen LogP contribution in [0.2, 0.25) is 0 Å². The molecular formula is C18H22ClFN4O2. The second kappa shape index (κ2) is 8.05. The van der Waals surface area contributed by atoms with E-state index in [-0.39, 0.29) is 30.2 Å². The third-order valence-corrected chi connectivity index (χ3v) is 4.85. The minimum absolute atomic E-state index is 0. The van der Waals surface area contributed by atoms with Gasteiger partial charge in [0.25, 0.3) is 5.91 Å². The van der Waals surface area contributed by atoms with Gasteiger partial charge in [-0.1, -0.05) is 0 Å². The van der Waals surface area contributed by atoms with Gasteiger partial charge in [-0.3, -0.25) is 9.89 Å². The van der Waals surface area contributed by atoms with E-state index in [1.165, 1.54) is 12.1 Å². The average molecular weight is 381 g/mol. The van der Waals surface area contributed by atoms with Crippen molar-refractivity contribution in [2.75, 3.05) is 19.6 Å². The smallest absolute Gasteiger partial charge is 0.274 e. The zero-order valence-corrected chi connectivity index (χ0v) is 15.2. The molecule has 2 aliphatic rings. The van der Waals surface area contributed by atoms with Crippen LogP contribution in [-0.2, 0) is 13.0 Å².